The molecule has 0 atom stereocenters. The molecule has 0 fully saturated rings. The fourth-order valence-electron chi connectivity index (χ4n) is 2.91. The van der Waals surface area contributed by atoms with Crippen molar-refractivity contribution in [3.05, 3.63) is 63.0 Å². The molecular weight excluding hydrogens is 448 g/mol. The zero-order valence-corrected chi connectivity index (χ0v) is 18.5. The largest absolute Gasteiger partial charge is 1.00 e. The van der Waals surface area contributed by atoms with Gasteiger partial charge in [-0.05, 0) is 29.8 Å². The lowest BCUT2D eigenvalue weighted by atomic mass is 10.0. The predicted molar refractivity (Wildman–Crippen MR) is 102 cm³/mol. The number of aryl methyl sites for hydroxylation is 2. The van der Waals surface area contributed by atoms with E-state index in [0.29, 0.717) is 16.2 Å². The summed E-state index contributed by atoms with van der Waals surface area (Å²) in [5.41, 5.74) is -1.73. The van der Waals surface area contributed by atoms with Gasteiger partial charge in [-0.25, -0.2) is 13.9 Å². The van der Waals surface area contributed by atoms with Crippen molar-refractivity contribution < 1.29 is 36.2 Å². The molecule has 0 saturated heterocycles. The number of aromatic nitrogens is 2. The second-order valence-electron chi connectivity index (χ2n) is 5.98. The zero-order valence-electron chi connectivity index (χ0n) is 15.3. The molecule has 0 aliphatic heterocycles. The van der Waals surface area contributed by atoms with E-state index in [-0.39, 0.29) is 23.6 Å². The number of carbonyl (C=O) groups excluding carboxylic acids is 1. The monoisotopic (exact) mass is 470 g/mol. The Bertz CT molecular complexity index is 810. The number of hydrogen-bond acceptors (Lipinski definition) is 5. The molecule has 0 radical (unpaired) electrons. The first-order valence-electron chi connectivity index (χ1n) is 8.60. The first-order chi connectivity index (χ1) is 12.6. The summed E-state index contributed by atoms with van der Waals surface area (Å²) in [6, 6.07) is 7.17. The highest BCUT2D eigenvalue weighted by molar-refractivity contribution is 7.12. The van der Waals surface area contributed by atoms with Crippen LogP contribution in [0.25, 0.3) is 0 Å². The Morgan fingerprint density at radius 1 is 1.26 bits per heavy atom. The Morgan fingerprint density at radius 3 is 2.37 bits per heavy atom. The second kappa shape index (κ2) is 9.64. The van der Waals surface area contributed by atoms with Crippen LogP contribution in [-0.4, -0.2) is 22.2 Å². The molecule has 3 aromatic heterocycles. The highest BCUT2D eigenvalue weighted by Crippen LogP contribution is 2.36. The molecule has 3 heterocycles. The number of hydrogen-bond donors (Lipinski definition) is 1. The van der Waals surface area contributed by atoms with Crippen molar-refractivity contribution in [1.29, 1.82) is 0 Å². The Labute approximate surface area is 177 Å². The lowest BCUT2D eigenvalue weighted by Gasteiger charge is -2.23. The standard InChI is InChI=1S/C19H23N2O3S2.BrH/c1-3-20-10-11-21(15(20)2)9-6-12-24-18(22)19(23,16-7-4-13-25-16)17-8-5-14-26-17;/h4-5,7-8,10-11,13-14,23H,3,6,9,12H2,1-2H3;1H/q+1;/p-1. The minimum atomic E-state index is -1.73. The van der Waals surface area contributed by atoms with Crippen LogP contribution in [0.5, 0.6) is 0 Å². The van der Waals surface area contributed by atoms with E-state index in [2.05, 4.69) is 23.0 Å². The van der Waals surface area contributed by atoms with Gasteiger partial charge in [-0.15, -0.1) is 22.7 Å². The Hall–Kier alpha value is -1.48. The lowest BCUT2D eigenvalue weighted by molar-refractivity contribution is -0.699. The maximum Gasteiger partial charge on any atom is 0.349 e. The van der Waals surface area contributed by atoms with Crippen molar-refractivity contribution in [2.24, 2.45) is 0 Å². The number of nitrogens with zero attached hydrogens (tertiary/aromatic N) is 2. The SMILES string of the molecule is CC[n+]1ccn(CCCOC(=O)C(O)(c2cccs2)c2cccs2)c1C.[Br-]. The number of rotatable bonds is 8. The first-order valence-corrected chi connectivity index (χ1v) is 10.4. The Kier molecular flexibility index (Phi) is 7.79. The summed E-state index contributed by atoms with van der Waals surface area (Å²) in [5.74, 6) is 0.558. The van der Waals surface area contributed by atoms with Gasteiger partial charge in [-0.1, -0.05) is 12.1 Å². The van der Waals surface area contributed by atoms with Crippen molar-refractivity contribution in [2.75, 3.05) is 6.61 Å². The van der Waals surface area contributed by atoms with Gasteiger partial charge >= 0.3 is 5.97 Å². The zero-order chi connectivity index (χ0) is 18.6. The smallest absolute Gasteiger partial charge is 0.349 e. The summed E-state index contributed by atoms with van der Waals surface area (Å²) in [5, 5.41) is 14.8. The molecule has 0 aliphatic carbocycles. The third kappa shape index (κ3) is 4.51. The second-order valence-corrected chi connectivity index (χ2v) is 7.87. The maximum atomic E-state index is 12.7. The van der Waals surface area contributed by atoms with Crippen LogP contribution in [0.2, 0.25) is 0 Å². The quantitative estimate of drug-likeness (QED) is 0.288. The van der Waals surface area contributed by atoms with Crippen LogP contribution in [0.3, 0.4) is 0 Å². The first kappa shape index (κ1) is 21.8. The molecule has 0 spiro atoms. The van der Waals surface area contributed by atoms with E-state index < -0.39 is 11.6 Å². The highest BCUT2D eigenvalue weighted by atomic mass is 79.9. The number of carbonyl (C=O) groups is 1. The van der Waals surface area contributed by atoms with Crippen molar-refractivity contribution >= 4 is 28.6 Å². The summed E-state index contributed by atoms with van der Waals surface area (Å²) in [6.45, 7) is 6.14. The molecule has 0 unspecified atom stereocenters. The lowest BCUT2D eigenvalue weighted by Crippen LogP contribution is -3.00. The van der Waals surface area contributed by atoms with E-state index in [9.17, 15) is 9.90 Å². The number of imidazole rings is 1. The van der Waals surface area contributed by atoms with Crippen molar-refractivity contribution in [3.63, 3.8) is 0 Å². The molecule has 5 nitrogen and oxygen atoms in total. The van der Waals surface area contributed by atoms with Gasteiger partial charge in [0.2, 0.25) is 5.60 Å². The Balaban J connectivity index is 0.00000261. The summed E-state index contributed by atoms with van der Waals surface area (Å²) < 4.78 is 9.76. The van der Waals surface area contributed by atoms with Gasteiger partial charge in [0.1, 0.15) is 12.4 Å². The van der Waals surface area contributed by atoms with Gasteiger partial charge in [0.05, 0.1) is 29.5 Å². The van der Waals surface area contributed by atoms with Crippen LogP contribution in [0.4, 0.5) is 0 Å². The van der Waals surface area contributed by atoms with E-state index in [4.69, 9.17) is 4.74 Å². The van der Waals surface area contributed by atoms with Crippen molar-refractivity contribution in [2.45, 2.75) is 39.0 Å². The minimum absolute atomic E-state index is 0. The Morgan fingerprint density at radius 2 is 1.89 bits per heavy atom. The number of thiophene rings is 2. The normalized spacial score (nSPS) is 11.2. The van der Waals surface area contributed by atoms with Crippen LogP contribution in [0.1, 0.15) is 28.9 Å². The molecule has 0 saturated carbocycles. The van der Waals surface area contributed by atoms with Crippen LogP contribution < -0.4 is 21.5 Å². The van der Waals surface area contributed by atoms with Gasteiger partial charge in [-0.2, -0.15) is 0 Å². The molecule has 27 heavy (non-hydrogen) atoms. The topological polar surface area (TPSA) is 55.3 Å². The molecule has 146 valence electrons. The highest BCUT2D eigenvalue weighted by Gasteiger charge is 2.43. The molecule has 0 bridgehead atoms. The van der Waals surface area contributed by atoms with Gasteiger partial charge < -0.3 is 26.8 Å². The third-order valence-corrected chi connectivity index (χ3v) is 6.38. The van der Waals surface area contributed by atoms with E-state index >= 15 is 0 Å². The average Bonchev–Trinajstić information content (AvgIpc) is 3.40. The average molecular weight is 471 g/mol. The third-order valence-electron chi connectivity index (χ3n) is 4.43. The summed E-state index contributed by atoms with van der Waals surface area (Å²) in [4.78, 5) is 13.9. The fraction of sp³-hybridized carbons (Fsp3) is 0.368. The van der Waals surface area contributed by atoms with Crippen LogP contribution in [0.15, 0.2) is 47.4 Å². The van der Waals surface area contributed by atoms with Crippen molar-refractivity contribution in [3.8, 4) is 0 Å². The van der Waals surface area contributed by atoms with E-state index in [0.717, 1.165) is 13.1 Å². The molecule has 1 N–H and O–H groups in total. The molecule has 3 aromatic rings. The number of ether oxygens (including phenoxy) is 1. The van der Waals surface area contributed by atoms with Gasteiger partial charge in [0.15, 0.2) is 0 Å². The molecule has 3 rings (SSSR count). The number of halogens is 1. The van der Waals surface area contributed by atoms with Crippen LogP contribution in [0, 0.1) is 6.92 Å². The summed E-state index contributed by atoms with van der Waals surface area (Å²) >= 11 is 2.70. The molecular formula is C19H23BrN2O3S2. The van der Waals surface area contributed by atoms with Crippen LogP contribution >= 0.6 is 22.7 Å². The number of aliphatic hydroxyl groups is 1. The van der Waals surface area contributed by atoms with E-state index in [1.165, 1.54) is 28.5 Å². The van der Waals surface area contributed by atoms with Gasteiger partial charge in [0.25, 0.3) is 5.82 Å². The number of esters is 1. The predicted octanol–water partition coefficient (Wildman–Crippen LogP) is 0.100. The molecule has 0 aromatic carbocycles. The van der Waals surface area contributed by atoms with Gasteiger partial charge in [-0.3, -0.25) is 0 Å². The summed E-state index contributed by atoms with van der Waals surface area (Å²) in [7, 11) is 0. The van der Waals surface area contributed by atoms with E-state index in [1.807, 2.05) is 35.3 Å². The van der Waals surface area contributed by atoms with E-state index in [1.54, 1.807) is 12.1 Å². The van der Waals surface area contributed by atoms with Crippen LogP contribution in [-0.2, 0) is 28.2 Å². The maximum absolute atomic E-state index is 12.7. The minimum Gasteiger partial charge on any atom is -1.00 e. The fourth-order valence-corrected chi connectivity index (χ4v) is 4.62. The van der Waals surface area contributed by atoms with Gasteiger partial charge in [0, 0.05) is 13.3 Å². The molecule has 0 aliphatic rings. The molecule has 0 amide bonds. The van der Waals surface area contributed by atoms with Crippen molar-refractivity contribution in [1.82, 2.24) is 4.57 Å². The summed E-state index contributed by atoms with van der Waals surface area (Å²) in [6.07, 6.45) is 4.78. The molecule has 8 heteroatoms.